The van der Waals surface area contributed by atoms with E-state index in [1.807, 2.05) is 42.1 Å². The van der Waals surface area contributed by atoms with E-state index in [2.05, 4.69) is 125 Å². The summed E-state index contributed by atoms with van der Waals surface area (Å²) >= 11 is 1.87. The largest absolute Gasteiger partial charge is 0.256 e. The molecular formula is C42H24N4S. The van der Waals surface area contributed by atoms with Gasteiger partial charge in [0.25, 0.3) is 0 Å². The average molecular weight is 617 g/mol. The van der Waals surface area contributed by atoms with Crippen LogP contribution in [0.4, 0.5) is 0 Å². The van der Waals surface area contributed by atoms with Gasteiger partial charge in [0.1, 0.15) is 0 Å². The first kappa shape index (κ1) is 26.2. The summed E-state index contributed by atoms with van der Waals surface area (Å²) in [6.45, 7) is 0. The van der Waals surface area contributed by atoms with Gasteiger partial charge in [0.15, 0.2) is 0 Å². The van der Waals surface area contributed by atoms with Gasteiger partial charge in [-0.2, -0.15) is 0 Å². The number of nitrogens with zero attached hydrogens (tertiary/aromatic N) is 4. The SMILES string of the molecule is c1cnc2c(c1)cc(-c1ccc(-c3ccc(-c4nc5ccccc5c5c4ccc4c6ccccc6sc45)cc3)nc1)c1cccnc12. The van der Waals surface area contributed by atoms with Crippen LogP contribution in [0.15, 0.2) is 146 Å². The number of rotatable bonds is 3. The predicted molar refractivity (Wildman–Crippen MR) is 197 cm³/mol. The van der Waals surface area contributed by atoms with Crippen molar-refractivity contribution in [3.63, 3.8) is 0 Å². The molecule has 10 rings (SSSR count). The Kier molecular flexibility index (Phi) is 5.71. The van der Waals surface area contributed by atoms with Crippen LogP contribution in [0.25, 0.3) is 97.3 Å². The fourth-order valence-electron chi connectivity index (χ4n) is 6.98. The highest BCUT2D eigenvalue weighted by Crippen LogP contribution is 2.43. The van der Waals surface area contributed by atoms with E-state index in [1.165, 1.54) is 36.3 Å². The topological polar surface area (TPSA) is 51.6 Å². The molecule has 5 aromatic heterocycles. The number of hydrogen-bond acceptors (Lipinski definition) is 5. The summed E-state index contributed by atoms with van der Waals surface area (Å²) < 4.78 is 2.62. The highest BCUT2D eigenvalue weighted by atomic mass is 32.1. The number of fused-ring (bicyclic) bond motifs is 10. The Hall–Kier alpha value is -6.04. The van der Waals surface area contributed by atoms with Gasteiger partial charge in [0, 0.05) is 82.4 Å². The standard InChI is InChI=1S/C42H24N4S/c1-3-11-36-32(9-1)38-33(19-18-31-29-8-2-4-12-37(29)47-42(31)38)39(46-36)26-15-13-25(14-16-26)35-20-17-28(24-45-35)34-23-27-7-5-21-43-40(27)41-30(34)10-6-22-44-41/h1-24H. The fraction of sp³-hybridized carbons (Fsp3) is 0. The van der Waals surface area contributed by atoms with Crippen LogP contribution in [0, 0.1) is 0 Å². The lowest BCUT2D eigenvalue weighted by atomic mass is 9.97. The normalized spacial score (nSPS) is 11.8. The fourth-order valence-corrected chi connectivity index (χ4v) is 8.24. The molecule has 0 amide bonds. The Morgan fingerprint density at radius 3 is 2.09 bits per heavy atom. The van der Waals surface area contributed by atoms with E-state index in [4.69, 9.17) is 9.97 Å². The minimum absolute atomic E-state index is 0.906. The number of thiophene rings is 1. The van der Waals surface area contributed by atoms with Gasteiger partial charge in [-0.1, -0.05) is 91.0 Å². The molecule has 218 valence electrons. The van der Waals surface area contributed by atoms with Crippen LogP contribution in [0.1, 0.15) is 0 Å². The zero-order valence-electron chi connectivity index (χ0n) is 25.1. The Balaban J connectivity index is 1.07. The molecule has 0 radical (unpaired) electrons. The molecule has 0 aliphatic rings. The molecule has 0 aliphatic heterocycles. The lowest BCUT2D eigenvalue weighted by Gasteiger charge is -2.12. The third kappa shape index (κ3) is 4.07. The summed E-state index contributed by atoms with van der Waals surface area (Å²) in [7, 11) is 0. The molecule has 0 spiro atoms. The van der Waals surface area contributed by atoms with Crippen molar-refractivity contribution < 1.29 is 0 Å². The first-order chi connectivity index (χ1) is 23.3. The van der Waals surface area contributed by atoms with Crippen molar-refractivity contribution in [3.8, 4) is 33.6 Å². The van der Waals surface area contributed by atoms with Gasteiger partial charge < -0.3 is 0 Å². The number of aromatic nitrogens is 4. The Labute approximate surface area is 273 Å². The van der Waals surface area contributed by atoms with Gasteiger partial charge in [0.2, 0.25) is 0 Å². The molecule has 47 heavy (non-hydrogen) atoms. The summed E-state index contributed by atoms with van der Waals surface area (Å²) in [5, 5.41) is 8.38. The summed E-state index contributed by atoms with van der Waals surface area (Å²) in [4.78, 5) is 19.4. The number of pyridine rings is 4. The Morgan fingerprint density at radius 1 is 0.489 bits per heavy atom. The van der Waals surface area contributed by atoms with E-state index < -0.39 is 0 Å². The molecule has 0 aliphatic carbocycles. The van der Waals surface area contributed by atoms with Gasteiger partial charge in [-0.25, -0.2) is 4.98 Å². The third-order valence-electron chi connectivity index (χ3n) is 9.20. The molecule has 0 fully saturated rings. The Morgan fingerprint density at radius 2 is 1.21 bits per heavy atom. The average Bonchev–Trinajstić information content (AvgIpc) is 3.53. The van der Waals surface area contributed by atoms with Crippen LogP contribution in [0.5, 0.6) is 0 Å². The highest BCUT2D eigenvalue weighted by Gasteiger charge is 2.16. The summed E-state index contributed by atoms with van der Waals surface area (Å²) in [5.74, 6) is 0. The maximum atomic E-state index is 5.21. The van der Waals surface area contributed by atoms with Crippen molar-refractivity contribution in [3.05, 3.63) is 146 Å². The molecular weight excluding hydrogens is 593 g/mol. The smallest absolute Gasteiger partial charge is 0.0970 e. The monoisotopic (exact) mass is 616 g/mol. The summed E-state index contributed by atoms with van der Waals surface area (Å²) in [5.41, 5.74) is 9.05. The molecule has 5 heteroatoms. The molecule has 0 saturated heterocycles. The second-order valence-electron chi connectivity index (χ2n) is 11.8. The molecule has 0 saturated carbocycles. The van der Waals surface area contributed by atoms with Gasteiger partial charge in [0.05, 0.1) is 27.9 Å². The lowest BCUT2D eigenvalue weighted by molar-refractivity contribution is 1.32. The van der Waals surface area contributed by atoms with Gasteiger partial charge in [-0.3, -0.25) is 15.0 Å². The van der Waals surface area contributed by atoms with Crippen molar-refractivity contribution in [2.24, 2.45) is 0 Å². The molecule has 5 aromatic carbocycles. The van der Waals surface area contributed by atoms with Crippen molar-refractivity contribution in [1.29, 1.82) is 0 Å². The molecule has 0 N–H and O–H groups in total. The molecule has 0 bridgehead atoms. The molecule has 4 nitrogen and oxygen atoms in total. The van der Waals surface area contributed by atoms with Crippen LogP contribution < -0.4 is 0 Å². The van der Waals surface area contributed by atoms with E-state index in [9.17, 15) is 0 Å². The van der Waals surface area contributed by atoms with Gasteiger partial charge >= 0.3 is 0 Å². The predicted octanol–water partition coefficient (Wildman–Crippen LogP) is 11.2. The molecule has 10 aromatic rings. The summed E-state index contributed by atoms with van der Waals surface area (Å²) in [6.07, 6.45) is 5.61. The van der Waals surface area contributed by atoms with E-state index in [0.717, 1.165) is 61.0 Å². The maximum Gasteiger partial charge on any atom is 0.0970 e. The van der Waals surface area contributed by atoms with Crippen LogP contribution in [0.2, 0.25) is 0 Å². The third-order valence-corrected chi connectivity index (χ3v) is 10.4. The van der Waals surface area contributed by atoms with Gasteiger partial charge in [-0.15, -0.1) is 11.3 Å². The first-order valence-electron chi connectivity index (χ1n) is 15.6. The minimum Gasteiger partial charge on any atom is -0.256 e. The first-order valence-corrected chi connectivity index (χ1v) is 16.4. The zero-order chi connectivity index (χ0) is 30.9. The zero-order valence-corrected chi connectivity index (χ0v) is 25.9. The van der Waals surface area contributed by atoms with E-state index in [1.54, 1.807) is 0 Å². The quantitative estimate of drug-likeness (QED) is 0.185. The number of hydrogen-bond donors (Lipinski definition) is 0. The summed E-state index contributed by atoms with van der Waals surface area (Å²) in [6, 6.07) is 44.9. The van der Waals surface area contributed by atoms with Crippen LogP contribution >= 0.6 is 11.3 Å². The molecule has 0 atom stereocenters. The van der Waals surface area contributed by atoms with Crippen molar-refractivity contribution in [2.45, 2.75) is 0 Å². The van der Waals surface area contributed by atoms with Crippen molar-refractivity contribution in [2.75, 3.05) is 0 Å². The van der Waals surface area contributed by atoms with E-state index >= 15 is 0 Å². The van der Waals surface area contributed by atoms with E-state index in [0.29, 0.717) is 0 Å². The minimum atomic E-state index is 0.906. The molecule has 0 unspecified atom stereocenters. The Bertz CT molecular complexity index is 2840. The molecule has 5 heterocycles. The number of benzene rings is 5. The highest BCUT2D eigenvalue weighted by molar-refractivity contribution is 7.26. The lowest BCUT2D eigenvalue weighted by Crippen LogP contribution is -1.91. The van der Waals surface area contributed by atoms with Gasteiger partial charge in [-0.05, 0) is 42.0 Å². The van der Waals surface area contributed by atoms with Crippen LogP contribution in [-0.4, -0.2) is 19.9 Å². The number of para-hydroxylation sites is 1. The van der Waals surface area contributed by atoms with Crippen LogP contribution in [0.3, 0.4) is 0 Å². The second kappa shape index (κ2) is 10.2. The van der Waals surface area contributed by atoms with Crippen LogP contribution in [-0.2, 0) is 0 Å². The van der Waals surface area contributed by atoms with E-state index in [-0.39, 0.29) is 0 Å². The second-order valence-corrected chi connectivity index (χ2v) is 12.9. The van der Waals surface area contributed by atoms with Crippen molar-refractivity contribution >= 4 is 75.0 Å². The maximum absolute atomic E-state index is 5.21. The van der Waals surface area contributed by atoms with Crippen molar-refractivity contribution in [1.82, 2.24) is 19.9 Å².